The van der Waals surface area contributed by atoms with Crippen LogP contribution in [0.3, 0.4) is 0 Å². The fourth-order valence-corrected chi connectivity index (χ4v) is 2.36. The molecular formula is C15H31N3O. The van der Waals surface area contributed by atoms with Gasteiger partial charge in [-0.1, -0.05) is 13.8 Å². The molecule has 1 saturated heterocycles. The molecule has 1 fully saturated rings. The van der Waals surface area contributed by atoms with Crippen LogP contribution in [-0.4, -0.2) is 50.8 Å². The molecule has 4 nitrogen and oxygen atoms in total. The Morgan fingerprint density at radius 2 is 2.26 bits per heavy atom. The third-order valence-corrected chi connectivity index (χ3v) is 3.45. The van der Waals surface area contributed by atoms with Gasteiger partial charge in [-0.25, -0.2) is 0 Å². The Balaban J connectivity index is 2.37. The number of rotatable bonds is 7. The molecule has 0 aromatic carbocycles. The minimum Gasteiger partial charge on any atom is -0.381 e. The van der Waals surface area contributed by atoms with Crippen LogP contribution in [0.4, 0.5) is 0 Å². The minimum atomic E-state index is 0.657. The molecule has 0 bridgehead atoms. The van der Waals surface area contributed by atoms with E-state index in [1.807, 2.05) is 0 Å². The lowest BCUT2D eigenvalue weighted by atomic mass is 10.1. The molecule has 0 aliphatic carbocycles. The second-order valence-electron chi connectivity index (χ2n) is 5.88. The molecule has 0 aromatic rings. The summed E-state index contributed by atoms with van der Waals surface area (Å²) in [5, 5.41) is 3.38. The normalized spacial score (nSPS) is 20.1. The van der Waals surface area contributed by atoms with Gasteiger partial charge in [0, 0.05) is 39.2 Å². The number of hydrogen-bond donors (Lipinski definition) is 1. The van der Waals surface area contributed by atoms with Gasteiger partial charge in [0.05, 0.1) is 6.61 Å². The highest BCUT2D eigenvalue weighted by molar-refractivity contribution is 5.79. The lowest BCUT2D eigenvalue weighted by molar-refractivity contribution is 0.181. The molecule has 0 amide bonds. The van der Waals surface area contributed by atoms with Gasteiger partial charge in [0.15, 0.2) is 5.96 Å². The van der Waals surface area contributed by atoms with Gasteiger partial charge in [-0.15, -0.1) is 0 Å². The van der Waals surface area contributed by atoms with Crippen molar-refractivity contribution in [3.05, 3.63) is 0 Å². The molecule has 1 aliphatic heterocycles. The van der Waals surface area contributed by atoms with Crippen molar-refractivity contribution in [1.29, 1.82) is 0 Å². The molecule has 1 heterocycles. The summed E-state index contributed by atoms with van der Waals surface area (Å²) >= 11 is 0. The molecule has 0 saturated carbocycles. The first-order valence-electron chi connectivity index (χ1n) is 7.70. The van der Waals surface area contributed by atoms with Gasteiger partial charge < -0.3 is 15.0 Å². The summed E-state index contributed by atoms with van der Waals surface area (Å²) < 4.78 is 5.44. The first-order chi connectivity index (χ1) is 9.13. The maximum atomic E-state index is 5.44. The van der Waals surface area contributed by atoms with Crippen molar-refractivity contribution in [3.63, 3.8) is 0 Å². The van der Waals surface area contributed by atoms with Crippen LogP contribution in [0.25, 0.3) is 0 Å². The van der Waals surface area contributed by atoms with E-state index in [9.17, 15) is 0 Å². The van der Waals surface area contributed by atoms with Crippen LogP contribution in [0.5, 0.6) is 0 Å². The van der Waals surface area contributed by atoms with Crippen molar-refractivity contribution < 1.29 is 4.74 Å². The van der Waals surface area contributed by atoms with Crippen molar-refractivity contribution in [2.24, 2.45) is 16.8 Å². The molecule has 0 spiro atoms. The number of guanidine groups is 1. The summed E-state index contributed by atoms with van der Waals surface area (Å²) in [5.74, 6) is 2.47. The summed E-state index contributed by atoms with van der Waals surface area (Å²) in [4.78, 5) is 6.97. The predicted octanol–water partition coefficient (Wildman–Crippen LogP) is 2.36. The topological polar surface area (TPSA) is 36.9 Å². The van der Waals surface area contributed by atoms with Gasteiger partial charge in [-0.3, -0.25) is 4.99 Å². The first kappa shape index (κ1) is 16.3. The highest BCUT2D eigenvalue weighted by Crippen LogP contribution is 2.13. The van der Waals surface area contributed by atoms with Gasteiger partial charge in [0.2, 0.25) is 0 Å². The molecule has 112 valence electrons. The summed E-state index contributed by atoms with van der Waals surface area (Å²) in [7, 11) is 2.13. The molecular weight excluding hydrogens is 238 g/mol. The summed E-state index contributed by atoms with van der Waals surface area (Å²) in [6.07, 6.45) is 3.60. The number of hydrogen-bond acceptors (Lipinski definition) is 2. The van der Waals surface area contributed by atoms with E-state index in [2.05, 4.69) is 38.0 Å². The molecule has 0 radical (unpaired) electrons. The van der Waals surface area contributed by atoms with E-state index in [1.54, 1.807) is 0 Å². The zero-order chi connectivity index (χ0) is 14.1. The van der Waals surface area contributed by atoms with Crippen LogP contribution in [0.1, 0.15) is 40.0 Å². The number of nitrogens with zero attached hydrogens (tertiary/aromatic N) is 2. The summed E-state index contributed by atoms with van der Waals surface area (Å²) in [6.45, 7) is 11.4. The average molecular weight is 269 g/mol. The van der Waals surface area contributed by atoms with Crippen LogP contribution in [0, 0.1) is 11.8 Å². The highest BCUT2D eigenvalue weighted by Gasteiger charge is 2.18. The van der Waals surface area contributed by atoms with E-state index in [0.29, 0.717) is 5.92 Å². The molecule has 1 aliphatic rings. The molecule has 1 rings (SSSR count). The van der Waals surface area contributed by atoms with Gasteiger partial charge >= 0.3 is 0 Å². The third kappa shape index (κ3) is 6.81. The lowest BCUT2D eigenvalue weighted by Crippen LogP contribution is -2.41. The minimum absolute atomic E-state index is 0.657. The van der Waals surface area contributed by atoms with Gasteiger partial charge in [0.25, 0.3) is 0 Å². The van der Waals surface area contributed by atoms with Crippen molar-refractivity contribution in [2.75, 3.05) is 39.9 Å². The third-order valence-electron chi connectivity index (χ3n) is 3.45. The van der Waals surface area contributed by atoms with Gasteiger partial charge in [-0.2, -0.15) is 0 Å². The van der Waals surface area contributed by atoms with Gasteiger partial charge in [-0.05, 0) is 32.1 Å². The molecule has 1 unspecified atom stereocenters. The number of nitrogens with one attached hydrogen (secondary N) is 1. The molecule has 0 aromatic heterocycles. The second-order valence-corrected chi connectivity index (χ2v) is 5.88. The highest BCUT2D eigenvalue weighted by atomic mass is 16.5. The second kappa shape index (κ2) is 9.18. The van der Waals surface area contributed by atoms with E-state index in [1.165, 1.54) is 19.3 Å². The smallest absolute Gasteiger partial charge is 0.193 e. The Labute approximate surface area is 118 Å². The van der Waals surface area contributed by atoms with Crippen molar-refractivity contribution >= 4 is 5.96 Å². The molecule has 1 atom stereocenters. The number of aliphatic imine (C=N–C) groups is 1. The maximum absolute atomic E-state index is 5.44. The van der Waals surface area contributed by atoms with Crippen molar-refractivity contribution in [1.82, 2.24) is 10.2 Å². The van der Waals surface area contributed by atoms with Gasteiger partial charge in [0.1, 0.15) is 0 Å². The first-order valence-corrected chi connectivity index (χ1v) is 7.70. The predicted molar refractivity (Wildman–Crippen MR) is 81.6 cm³/mol. The van der Waals surface area contributed by atoms with Crippen LogP contribution >= 0.6 is 0 Å². The standard InChI is InChI=1S/C15H31N3O/c1-5-16-15(17-9-6-7-13(2)3)18(4)11-14-8-10-19-12-14/h13-14H,5-12H2,1-4H3,(H,16,17). The van der Waals surface area contributed by atoms with E-state index in [-0.39, 0.29) is 0 Å². The zero-order valence-corrected chi connectivity index (χ0v) is 13.1. The van der Waals surface area contributed by atoms with Crippen LogP contribution in [-0.2, 0) is 4.74 Å². The van der Waals surface area contributed by atoms with E-state index in [4.69, 9.17) is 9.73 Å². The fourth-order valence-electron chi connectivity index (χ4n) is 2.36. The maximum Gasteiger partial charge on any atom is 0.193 e. The number of ether oxygens (including phenoxy) is 1. The Hall–Kier alpha value is -0.770. The molecule has 4 heteroatoms. The Morgan fingerprint density at radius 3 is 2.84 bits per heavy atom. The molecule has 19 heavy (non-hydrogen) atoms. The van der Waals surface area contributed by atoms with Crippen LogP contribution in [0.15, 0.2) is 4.99 Å². The van der Waals surface area contributed by atoms with E-state index in [0.717, 1.165) is 44.7 Å². The summed E-state index contributed by atoms with van der Waals surface area (Å²) in [5.41, 5.74) is 0. The average Bonchev–Trinajstić information content (AvgIpc) is 2.85. The Kier molecular flexibility index (Phi) is 7.87. The Morgan fingerprint density at radius 1 is 1.47 bits per heavy atom. The van der Waals surface area contributed by atoms with Crippen molar-refractivity contribution in [3.8, 4) is 0 Å². The summed E-state index contributed by atoms with van der Waals surface area (Å²) in [6, 6.07) is 0. The quantitative estimate of drug-likeness (QED) is 0.438. The zero-order valence-electron chi connectivity index (χ0n) is 13.1. The van der Waals surface area contributed by atoms with Crippen LogP contribution < -0.4 is 5.32 Å². The van der Waals surface area contributed by atoms with Crippen molar-refractivity contribution in [2.45, 2.75) is 40.0 Å². The lowest BCUT2D eigenvalue weighted by Gasteiger charge is -2.24. The Bertz CT molecular complexity index is 260. The molecule has 1 N–H and O–H groups in total. The largest absolute Gasteiger partial charge is 0.381 e. The van der Waals surface area contributed by atoms with E-state index < -0.39 is 0 Å². The monoisotopic (exact) mass is 269 g/mol. The fraction of sp³-hybridized carbons (Fsp3) is 0.933. The van der Waals surface area contributed by atoms with E-state index >= 15 is 0 Å². The SMILES string of the molecule is CCNC(=NCCCC(C)C)N(C)CC1CCOC1. The van der Waals surface area contributed by atoms with Crippen LogP contribution in [0.2, 0.25) is 0 Å².